The van der Waals surface area contributed by atoms with Crippen LogP contribution in [-0.4, -0.2) is 9.55 Å². The van der Waals surface area contributed by atoms with Crippen molar-refractivity contribution in [3.05, 3.63) is 84.9 Å². The lowest BCUT2D eigenvalue weighted by Crippen LogP contribution is -2.36. The summed E-state index contributed by atoms with van der Waals surface area (Å²) in [5.41, 5.74) is -4.93. The number of halogens is 5. The van der Waals surface area contributed by atoms with Crippen LogP contribution < -0.4 is 16.0 Å². The number of hydrogen-bond donors (Lipinski definition) is 1. The second kappa shape index (κ2) is 7.68. The summed E-state index contributed by atoms with van der Waals surface area (Å²) < 4.78 is 58.6. The molecule has 3 aromatic rings. The number of hydrogen-bond acceptors (Lipinski definition) is 4. The zero-order valence-electron chi connectivity index (χ0n) is 15.0. The Balaban J connectivity index is 2.22. The molecule has 0 atom stereocenters. The van der Waals surface area contributed by atoms with Crippen molar-refractivity contribution in [3.63, 3.8) is 0 Å². The molecule has 1 aromatic heterocycles. The fraction of sp³-hybridized carbons (Fsp3) is 0.105. The second-order valence-corrected chi connectivity index (χ2v) is 6.47. The Bertz CT molecular complexity index is 1250. The summed E-state index contributed by atoms with van der Waals surface area (Å²) in [5.74, 6) is -1.31. The van der Waals surface area contributed by atoms with Gasteiger partial charge in [0.1, 0.15) is 29.1 Å². The molecule has 154 valence electrons. The molecule has 2 aromatic carbocycles. The second-order valence-electron chi connectivity index (χ2n) is 6.06. The Labute approximate surface area is 170 Å². The van der Waals surface area contributed by atoms with Gasteiger partial charge in [0.15, 0.2) is 0 Å². The average molecular weight is 440 g/mol. The smallest absolute Gasteiger partial charge is 0.431 e. The van der Waals surface area contributed by atoms with Crippen molar-refractivity contribution in [3.8, 4) is 23.3 Å². The molecular formula is C19H10ClF4N3O3. The van der Waals surface area contributed by atoms with Crippen LogP contribution in [0.3, 0.4) is 0 Å². The maximum atomic E-state index is 14.5. The van der Waals surface area contributed by atoms with Crippen molar-refractivity contribution >= 4 is 11.6 Å². The number of H-pyrrole nitrogens is 1. The molecule has 0 aliphatic heterocycles. The summed E-state index contributed by atoms with van der Waals surface area (Å²) in [6, 6.07) is 8.19. The van der Waals surface area contributed by atoms with Gasteiger partial charge in [0.05, 0.1) is 16.3 Å². The predicted octanol–water partition coefficient (Wildman–Crippen LogP) is 4.31. The minimum Gasteiger partial charge on any atom is -0.454 e. The SMILES string of the molecule is Cc1cccc(Cl)c1Oc1cc(-n2c(=O)cc(C(F)(F)F)[nH]c2=O)c(F)cc1C#N. The van der Waals surface area contributed by atoms with E-state index in [4.69, 9.17) is 16.3 Å². The first-order valence-electron chi connectivity index (χ1n) is 8.13. The van der Waals surface area contributed by atoms with E-state index < -0.39 is 34.6 Å². The lowest BCUT2D eigenvalue weighted by molar-refractivity contribution is -0.141. The molecule has 30 heavy (non-hydrogen) atoms. The Hall–Kier alpha value is -3.58. The Kier molecular flexibility index (Phi) is 5.41. The largest absolute Gasteiger partial charge is 0.454 e. The van der Waals surface area contributed by atoms with E-state index in [0.717, 1.165) is 6.07 Å². The third-order valence-corrected chi connectivity index (χ3v) is 4.32. The maximum absolute atomic E-state index is 14.5. The Morgan fingerprint density at radius 3 is 2.47 bits per heavy atom. The highest BCUT2D eigenvalue weighted by Gasteiger charge is 2.33. The molecule has 0 fully saturated rings. The summed E-state index contributed by atoms with van der Waals surface area (Å²) in [4.78, 5) is 25.7. The molecule has 0 amide bonds. The number of benzene rings is 2. The fourth-order valence-electron chi connectivity index (χ4n) is 2.62. The zero-order valence-corrected chi connectivity index (χ0v) is 15.7. The van der Waals surface area contributed by atoms with Gasteiger partial charge in [-0.15, -0.1) is 0 Å². The zero-order chi connectivity index (χ0) is 22.2. The molecule has 0 aliphatic carbocycles. The third-order valence-electron chi connectivity index (χ3n) is 4.02. The van der Waals surface area contributed by atoms with Gasteiger partial charge in [-0.25, -0.2) is 13.8 Å². The molecule has 0 radical (unpaired) electrons. The van der Waals surface area contributed by atoms with Crippen LogP contribution in [-0.2, 0) is 6.18 Å². The van der Waals surface area contributed by atoms with E-state index in [-0.39, 0.29) is 32.7 Å². The van der Waals surface area contributed by atoms with Crippen LogP contribution in [0.4, 0.5) is 17.6 Å². The van der Waals surface area contributed by atoms with Gasteiger partial charge in [-0.1, -0.05) is 23.7 Å². The predicted molar refractivity (Wildman–Crippen MR) is 98.6 cm³/mol. The van der Waals surface area contributed by atoms with Gasteiger partial charge in [0.25, 0.3) is 5.56 Å². The number of alkyl halides is 3. The topological polar surface area (TPSA) is 87.9 Å². The van der Waals surface area contributed by atoms with Crippen molar-refractivity contribution in [1.82, 2.24) is 9.55 Å². The van der Waals surface area contributed by atoms with Gasteiger partial charge in [0, 0.05) is 12.1 Å². The van der Waals surface area contributed by atoms with Gasteiger partial charge in [-0.3, -0.25) is 4.79 Å². The van der Waals surface area contributed by atoms with Gasteiger partial charge >= 0.3 is 11.9 Å². The molecule has 0 aliphatic rings. The lowest BCUT2D eigenvalue weighted by atomic mass is 10.1. The number of aromatic nitrogens is 2. The van der Waals surface area contributed by atoms with Crippen molar-refractivity contribution in [2.24, 2.45) is 0 Å². The van der Waals surface area contributed by atoms with E-state index in [2.05, 4.69) is 0 Å². The number of nitrogens with zero attached hydrogens (tertiary/aromatic N) is 2. The van der Waals surface area contributed by atoms with Crippen molar-refractivity contribution in [1.29, 1.82) is 5.26 Å². The first-order valence-corrected chi connectivity index (χ1v) is 8.51. The molecule has 1 heterocycles. The highest BCUT2D eigenvalue weighted by molar-refractivity contribution is 6.32. The van der Waals surface area contributed by atoms with Crippen LogP contribution in [0.15, 0.2) is 46.0 Å². The molecule has 3 rings (SSSR count). The minimum atomic E-state index is -4.98. The van der Waals surface area contributed by atoms with E-state index in [1.54, 1.807) is 25.1 Å². The Morgan fingerprint density at radius 2 is 1.90 bits per heavy atom. The highest BCUT2D eigenvalue weighted by atomic mass is 35.5. The van der Waals surface area contributed by atoms with E-state index in [0.29, 0.717) is 11.6 Å². The van der Waals surface area contributed by atoms with E-state index >= 15 is 0 Å². The summed E-state index contributed by atoms with van der Waals surface area (Å²) in [6.45, 7) is 1.66. The van der Waals surface area contributed by atoms with Crippen LogP contribution in [0.2, 0.25) is 5.02 Å². The molecule has 0 saturated heterocycles. The first-order chi connectivity index (χ1) is 14.0. The summed E-state index contributed by atoms with van der Waals surface area (Å²) >= 11 is 6.07. The Morgan fingerprint density at radius 1 is 1.20 bits per heavy atom. The van der Waals surface area contributed by atoms with Gasteiger partial charge in [-0.05, 0) is 24.6 Å². The number of nitrogens with one attached hydrogen (secondary N) is 1. The number of aryl methyl sites for hydroxylation is 1. The molecule has 1 N–H and O–H groups in total. The molecular weight excluding hydrogens is 430 g/mol. The van der Waals surface area contributed by atoms with Crippen LogP contribution in [0.25, 0.3) is 5.69 Å². The quantitative estimate of drug-likeness (QED) is 0.616. The van der Waals surface area contributed by atoms with Crippen LogP contribution in [0.1, 0.15) is 16.8 Å². The molecule has 0 bridgehead atoms. The van der Waals surface area contributed by atoms with E-state index in [1.807, 2.05) is 0 Å². The normalized spacial score (nSPS) is 11.2. The van der Waals surface area contributed by atoms with E-state index in [1.165, 1.54) is 11.1 Å². The fourth-order valence-corrected chi connectivity index (χ4v) is 2.88. The van der Waals surface area contributed by atoms with Gasteiger partial charge in [-0.2, -0.15) is 18.4 Å². The molecule has 11 heteroatoms. The summed E-state index contributed by atoms with van der Waals surface area (Å²) in [6.07, 6.45) is -4.98. The maximum Gasteiger partial charge on any atom is 0.431 e. The third kappa shape index (κ3) is 3.92. The van der Waals surface area contributed by atoms with Crippen LogP contribution in [0.5, 0.6) is 11.5 Å². The van der Waals surface area contributed by atoms with Crippen LogP contribution >= 0.6 is 11.6 Å². The van der Waals surface area contributed by atoms with E-state index in [9.17, 15) is 32.4 Å². The standard InChI is InChI=1S/C19H10ClF4N3O3/c1-9-3-2-4-11(20)17(9)30-14-6-13(12(21)5-10(14)8-25)27-16(28)7-15(19(22,23)24)26-18(27)29/h2-7H,1H3,(H,26,29). The molecule has 6 nitrogen and oxygen atoms in total. The summed E-state index contributed by atoms with van der Waals surface area (Å²) in [7, 11) is 0. The molecule has 0 saturated carbocycles. The van der Waals surface area contributed by atoms with Crippen molar-refractivity contribution in [2.45, 2.75) is 13.1 Å². The number of nitriles is 1. The summed E-state index contributed by atoms with van der Waals surface area (Å²) in [5, 5.41) is 9.44. The number of ether oxygens (including phenoxy) is 1. The lowest BCUT2D eigenvalue weighted by Gasteiger charge is -2.14. The monoisotopic (exact) mass is 439 g/mol. The minimum absolute atomic E-state index is 0.123. The highest BCUT2D eigenvalue weighted by Crippen LogP contribution is 2.35. The van der Waals surface area contributed by atoms with Crippen molar-refractivity contribution in [2.75, 3.05) is 0 Å². The number of para-hydroxylation sites is 1. The average Bonchev–Trinajstić information content (AvgIpc) is 2.65. The first kappa shape index (κ1) is 21.1. The number of rotatable bonds is 3. The van der Waals surface area contributed by atoms with Gasteiger partial charge in [0.2, 0.25) is 0 Å². The van der Waals surface area contributed by atoms with Crippen LogP contribution in [0, 0.1) is 24.1 Å². The molecule has 0 unspecified atom stereocenters. The molecule has 0 spiro atoms. The van der Waals surface area contributed by atoms with Crippen molar-refractivity contribution < 1.29 is 22.3 Å². The van der Waals surface area contributed by atoms with Gasteiger partial charge < -0.3 is 9.72 Å². The number of aromatic amines is 1.